The molecule has 0 amide bonds. The van der Waals surface area contributed by atoms with Crippen molar-refractivity contribution in [2.24, 2.45) is 0 Å². The van der Waals surface area contributed by atoms with Crippen LogP contribution in [0.15, 0.2) is 255 Å². The lowest BCUT2D eigenvalue weighted by Crippen LogP contribution is -2.06. The first-order valence-corrected chi connectivity index (χ1v) is 23.7. The summed E-state index contributed by atoms with van der Waals surface area (Å²) in [6.07, 6.45) is 4.40. The molecule has 2 heteroatoms. The molecule has 0 unspecified atom stereocenters. The van der Waals surface area contributed by atoms with E-state index in [-0.39, 0.29) is 0 Å². The van der Waals surface area contributed by atoms with E-state index in [0.717, 1.165) is 12.8 Å². The minimum atomic E-state index is 0.955. The minimum absolute atomic E-state index is 0.955. The van der Waals surface area contributed by atoms with Gasteiger partial charge in [-0.2, -0.15) is 0 Å². The molecule has 0 atom stereocenters. The van der Waals surface area contributed by atoms with Crippen LogP contribution in [-0.4, -0.2) is 9.13 Å². The minimum Gasteiger partial charge on any atom is -0.313 e. The number of fused-ring (bicyclic) bond motifs is 6. The van der Waals surface area contributed by atoms with Gasteiger partial charge in [0, 0.05) is 38.7 Å². The second-order valence-electron chi connectivity index (χ2n) is 18.0. The summed E-state index contributed by atoms with van der Waals surface area (Å²) in [5, 5.41) is 3.73. The zero-order chi connectivity index (χ0) is 45.0. The normalized spacial score (nSPS) is 12.4. The van der Waals surface area contributed by atoms with E-state index < -0.39 is 0 Å². The Kier molecular flexibility index (Phi) is 9.68. The molecular weight excluding hydrogens is 821 g/mol. The Balaban J connectivity index is 1.02. The zero-order valence-electron chi connectivity index (χ0n) is 37.6. The molecule has 0 fully saturated rings. The molecule has 2 heterocycles. The lowest BCUT2D eigenvalue weighted by Gasteiger charge is -2.19. The third-order valence-corrected chi connectivity index (χ3v) is 14.0. The van der Waals surface area contributed by atoms with E-state index in [9.17, 15) is 0 Å². The number of hydrogen-bond donors (Lipinski definition) is 0. The Morgan fingerprint density at radius 3 is 1.34 bits per heavy atom. The third kappa shape index (κ3) is 6.81. The molecule has 10 aromatic carbocycles. The maximum Gasteiger partial charge on any atom is 0.0541 e. The molecule has 0 spiro atoms. The molecule has 12 aromatic rings. The van der Waals surface area contributed by atoms with E-state index in [1.807, 2.05) is 0 Å². The summed E-state index contributed by atoms with van der Waals surface area (Å²) in [7, 11) is 0. The Bertz CT molecular complexity index is 3870. The van der Waals surface area contributed by atoms with Gasteiger partial charge in [-0.3, -0.25) is 0 Å². The van der Waals surface area contributed by atoms with Crippen molar-refractivity contribution in [3.63, 3.8) is 0 Å². The zero-order valence-corrected chi connectivity index (χ0v) is 37.6. The van der Waals surface area contributed by atoms with Crippen molar-refractivity contribution >= 4 is 38.3 Å². The van der Waals surface area contributed by atoms with Gasteiger partial charge in [0.05, 0.1) is 22.2 Å². The number of rotatable bonds is 8. The highest BCUT2D eigenvalue weighted by Gasteiger charge is 2.26. The van der Waals surface area contributed by atoms with Crippen LogP contribution in [-0.2, 0) is 6.42 Å². The standard InChI is InChI=1S/C66H46N2/c1-5-18-45(19-6-1)49-26-15-28-54(40-49)57-31-17-33-65-66(57)60-44-53(36-39-64(60)67(65)55-29-16-27-50(41-55)46-20-7-2-8-21-46)52-35-38-63-59(43-52)58-42-51(47-22-9-3-10-23-47)34-37-62(58)68(63)61-32-14-13-30-56(61)48-24-11-4-12-25-48/h1-16,18-32,34-44H,17,33H2. The fourth-order valence-corrected chi connectivity index (χ4v) is 10.8. The molecule has 68 heavy (non-hydrogen) atoms. The van der Waals surface area contributed by atoms with Gasteiger partial charge in [-0.15, -0.1) is 0 Å². The van der Waals surface area contributed by atoms with Crippen LogP contribution < -0.4 is 0 Å². The van der Waals surface area contributed by atoms with Gasteiger partial charge in [0.2, 0.25) is 0 Å². The van der Waals surface area contributed by atoms with Crippen LogP contribution in [0.3, 0.4) is 0 Å². The van der Waals surface area contributed by atoms with Crippen molar-refractivity contribution in [2.75, 3.05) is 0 Å². The van der Waals surface area contributed by atoms with Gasteiger partial charge in [0.15, 0.2) is 0 Å². The van der Waals surface area contributed by atoms with Gasteiger partial charge in [0.1, 0.15) is 0 Å². The second kappa shape index (κ2) is 16.6. The van der Waals surface area contributed by atoms with Gasteiger partial charge in [-0.05, 0) is 135 Å². The second-order valence-corrected chi connectivity index (χ2v) is 18.0. The van der Waals surface area contributed by atoms with Crippen LogP contribution >= 0.6 is 0 Å². The number of aromatic nitrogens is 2. The fourth-order valence-electron chi connectivity index (χ4n) is 10.8. The van der Waals surface area contributed by atoms with Crippen LogP contribution in [0, 0.1) is 0 Å². The van der Waals surface area contributed by atoms with E-state index in [4.69, 9.17) is 0 Å². The average Bonchev–Trinajstić information content (AvgIpc) is 3.94. The van der Waals surface area contributed by atoms with Crippen molar-refractivity contribution in [1.82, 2.24) is 9.13 Å². The van der Waals surface area contributed by atoms with Crippen molar-refractivity contribution in [2.45, 2.75) is 12.8 Å². The molecule has 0 N–H and O–H groups in total. The molecule has 0 bridgehead atoms. The molecule has 0 radical (unpaired) electrons. The van der Waals surface area contributed by atoms with E-state index in [2.05, 4.69) is 264 Å². The molecule has 2 aromatic heterocycles. The summed E-state index contributed by atoms with van der Waals surface area (Å²) in [6, 6.07) is 91.3. The van der Waals surface area contributed by atoms with Gasteiger partial charge in [-0.25, -0.2) is 0 Å². The maximum absolute atomic E-state index is 2.54. The largest absolute Gasteiger partial charge is 0.313 e. The molecule has 2 nitrogen and oxygen atoms in total. The van der Waals surface area contributed by atoms with E-state index in [1.165, 1.54) is 122 Å². The van der Waals surface area contributed by atoms with Crippen LogP contribution in [0.1, 0.15) is 23.2 Å². The maximum atomic E-state index is 2.54. The molecule has 320 valence electrons. The lowest BCUT2D eigenvalue weighted by molar-refractivity contribution is 0.884. The van der Waals surface area contributed by atoms with E-state index in [0.29, 0.717) is 0 Å². The molecule has 1 aliphatic carbocycles. The predicted molar refractivity (Wildman–Crippen MR) is 287 cm³/mol. The van der Waals surface area contributed by atoms with E-state index >= 15 is 0 Å². The van der Waals surface area contributed by atoms with Crippen molar-refractivity contribution in [3.8, 4) is 67.0 Å². The summed E-state index contributed by atoms with van der Waals surface area (Å²) in [4.78, 5) is 0. The van der Waals surface area contributed by atoms with Crippen LogP contribution in [0.4, 0.5) is 0 Å². The molecule has 0 aliphatic heterocycles. The van der Waals surface area contributed by atoms with Gasteiger partial charge >= 0.3 is 0 Å². The summed E-state index contributed by atoms with van der Waals surface area (Å²) in [5.74, 6) is 0. The van der Waals surface area contributed by atoms with Crippen LogP contribution in [0.2, 0.25) is 0 Å². The number of benzene rings is 10. The Morgan fingerprint density at radius 1 is 0.294 bits per heavy atom. The van der Waals surface area contributed by atoms with Crippen molar-refractivity contribution < 1.29 is 0 Å². The Morgan fingerprint density at radius 2 is 0.735 bits per heavy atom. The summed E-state index contributed by atoms with van der Waals surface area (Å²) in [5.41, 5.74) is 23.3. The molecular formula is C66H46N2. The van der Waals surface area contributed by atoms with Crippen LogP contribution in [0.25, 0.3) is 105 Å². The summed E-state index contributed by atoms with van der Waals surface area (Å²) < 4.78 is 5.01. The highest BCUT2D eigenvalue weighted by atomic mass is 15.0. The smallest absolute Gasteiger partial charge is 0.0541 e. The molecule has 0 saturated heterocycles. The number of para-hydroxylation sites is 1. The Labute approximate surface area is 397 Å². The average molecular weight is 867 g/mol. The van der Waals surface area contributed by atoms with Crippen molar-refractivity contribution in [3.05, 3.63) is 272 Å². The SMILES string of the molecule is C1=C(c2cccc(-c3ccccc3)c2)c2c(n(-c3cccc(-c4ccccc4)c3)c3ccc(-c4ccc5c(c4)c4cc(-c6ccccc6)ccc4n5-c4ccccc4-c4ccccc4)cc23)CC1. The first-order valence-electron chi connectivity index (χ1n) is 23.7. The number of hydrogen-bond acceptors (Lipinski definition) is 0. The van der Waals surface area contributed by atoms with Crippen LogP contribution in [0.5, 0.6) is 0 Å². The molecule has 0 saturated carbocycles. The quantitative estimate of drug-likeness (QED) is 0.144. The van der Waals surface area contributed by atoms with Crippen molar-refractivity contribution in [1.29, 1.82) is 0 Å². The lowest BCUT2D eigenvalue weighted by atomic mass is 9.87. The van der Waals surface area contributed by atoms with Gasteiger partial charge < -0.3 is 9.13 Å². The highest BCUT2D eigenvalue weighted by Crippen LogP contribution is 2.45. The number of nitrogens with zero attached hydrogens (tertiary/aromatic N) is 2. The molecule has 1 aliphatic rings. The topological polar surface area (TPSA) is 9.86 Å². The first kappa shape index (κ1) is 39.6. The number of allylic oxidation sites excluding steroid dienone is 1. The summed E-state index contributed by atoms with van der Waals surface area (Å²) >= 11 is 0. The monoisotopic (exact) mass is 866 g/mol. The third-order valence-electron chi connectivity index (χ3n) is 14.0. The highest BCUT2D eigenvalue weighted by molar-refractivity contribution is 6.12. The first-order chi connectivity index (χ1) is 33.7. The molecule has 13 rings (SSSR count). The Hall–Kier alpha value is -8.72. The predicted octanol–water partition coefficient (Wildman–Crippen LogP) is 17.4. The van der Waals surface area contributed by atoms with E-state index in [1.54, 1.807) is 0 Å². The van der Waals surface area contributed by atoms with Gasteiger partial charge in [0.25, 0.3) is 0 Å². The van der Waals surface area contributed by atoms with Gasteiger partial charge in [-0.1, -0.05) is 194 Å². The summed E-state index contributed by atoms with van der Waals surface area (Å²) in [6.45, 7) is 0. The fraction of sp³-hybridized carbons (Fsp3) is 0.0303.